The van der Waals surface area contributed by atoms with E-state index < -0.39 is 15.7 Å². The third kappa shape index (κ3) is 5.99. The van der Waals surface area contributed by atoms with Crippen molar-refractivity contribution in [2.45, 2.75) is 4.90 Å². The average molecular weight is 557 g/mol. The summed E-state index contributed by atoms with van der Waals surface area (Å²) in [6, 6.07) is 27.2. The van der Waals surface area contributed by atoms with Crippen molar-refractivity contribution in [3.8, 4) is 22.4 Å². The maximum Gasteiger partial charge on any atom is 0.176 e. The molecule has 0 N–H and O–H groups in total. The van der Waals surface area contributed by atoms with E-state index in [2.05, 4.69) is 11.1 Å². The van der Waals surface area contributed by atoms with Crippen molar-refractivity contribution in [3.63, 3.8) is 0 Å². The molecule has 0 aliphatic rings. The van der Waals surface area contributed by atoms with Crippen LogP contribution in [0.4, 0.5) is 5.69 Å². The number of hydrogen-bond acceptors (Lipinski definition) is 5. The molecule has 0 spiro atoms. The second-order valence-corrected chi connectivity index (χ2v) is 9.51. The summed E-state index contributed by atoms with van der Waals surface area (Å²) < 4.78 is 24.4. The van der Waals surface area contributed by atoms with Crippen LogP contribution in [0.5, 0.6) is 0 Å². The Labute approximate surface area is 229 Å². The molecule has 1 heterocycles. The van der Waals surface area contributed by atoms with Gasteiger partial charge in [-0.1, -0.05) is 79.0 Å². The first-order chi connectivity index (χ1) is 16.4. The molecule has 0 saturated heterocycles. The zero-order valence-corrected chi connectivity index (χ0v) is 22.5. The third-order valence-corrected chi connectivity index (χ3v) is 6.40. The topological polar surface area (TPSA) is 84.4 Å². The monoisotopic (exact) mass is 557 g/mol. The molecule has 35 heavy (non-hydrogen) atoms. The number of nitrogens with zero attached hydrogens (tertiary/aromatic N) is 2. The maximum atomic E-state index is 13.5. The number of rotatable bonds is 7. The van der Waals surface area contributed by atoms with Crippen LogP contribution >= 0.6 is 0 Å². The smallest absolute Gasteiger partial charge is 0.176 e. The normalized spacial score (nSPS) is 10.8. The number of pyridine rings is 1. The molecule has 1 radical (unpaired) electrons. The molecule has 8 heteroatoms. The summed E-state index contributed by atoms with van der Waals surface area (Å²) in [5.74, 6) is -0.445. The molecule has 0 unspecified atom stereocenters. The Morgan fingerprint density at radius 1 is 0.943 bits per heavy atom. The van der Waals surface area contributed by atoms with Crippen LogP contribution in [0, 0.1) is 6.07 Å². The van der Waals surface area contributed by atoms with Crippen molar-refractivity contribution in [1.82, 2.24) is 4.98 Å². The number of carbonyl (C=O) groups is 1. The number of amides is 1. The second-order valence-electron chi connectivity index (χ2n) is 7.53. The van der Waals surface area contributed by atoms with Crippen LogP contribution < -0.4 is 4.90 Å². The van der Waals surface area contributed by atoms with Gasteiger partial charge in [0.05, 0.1) is 4.90 Å². The first-order valence-corrected chi connectivity index (χ1v) is 12.3. The largest absolute Gasteiger partial charge is 0.540 e. The van der Waals surface area contributed by atoms with Gasteiger partial charge in [-0.2, -0.15) is 0 Å². The van der Waals surface area contributed by atoms with Crippen molar-refractivity contribution in [2.24, 2.45) is 0 Å². The molecule has 0 fully saturated rings. The molecule has 0 atom stereocenters. The minimum Gasteiger partial charge on any atom is -0.540 e. The van der Waals surface area contributed by atoms with Gasteiger partial charge in [0, 0.05) is 50.2 Å². The minimum atomic E-state index is -3.42. The van der Waals surface area contributed by atoms with Crippen molar-refractivity contribution in [3.05, 3.63) is 103 Å². The molecular weight excluding hydrogens is 537 g/mol. The molecule has 4 rings (SSSR count). The van der Waals surface area contributed by atoms with E-state index in [1.54, 1.807) is 67.1 Å². The van der Waals surface area contributed by atoms with E-state index in [4.69, 9.17) is 0 Å². The summed E-state index contributed by atoms with van der Waals surface area (Å²) in [6.07, 6.45) is 4.51. The molecule has 1 amide bonds. The van der Waals surface area contributed by atoms with E-state index >= 15 is 0 Å². The SMILES string of the molecule is CS(=O)(=O)c1ccccc1-c1ccc(N(C[C-]=O)C(=O)c2[c-]ccnc2-c2ccccc2)cc1.[Y]. The van der Waals surface area contributed by atoms with Gasteiger partial charge in [-0.15, -0.1) is 12.1 Å². The number of hydrogen-bond donors (Lipinski definition) is 0. The first kappa shape index (κ1) is 26.6. The molecule has 1 aromatic heterocycles. The summed E-state index contributed by atoms with van der Waals surface area (Å²) in [5, 5.41) is 0. The molecule has 3 aromatic carbocycles. The molecular formula is C27H20N2O4SY-2. The van der Waals surface area contributed by atoms with E-state index in [-0.39, 0.29) is 49.7 Å². The van der Waals surface area contributed by atoms with Crippen LogP contribution in [-0.4, -0.2) is 38.4 Å². The van der Waals surface area contributed by atoms with Crippen LogP contribution in [0.1, 0.15) is 10.4 Å². The fraction of sp³-hybridized carbons (Fsp3) is 0.0741. The standard InChI is InChI=1S/C27H20N2O4S.Y/c1-34(32,33)25-12-6-5-10-23(25)20-13-15-22(16-14-20)29(18-19-30)27(31)24-11-7-17-28-26(24)21-8-3-2-4-9-21;/h2-10,12-17H,18H2,1H3;/q-2;. The predicted octanol–water partition coefficient (Wildman–Crippen LogP) is 4.37. The molecule has 0 bridgehead atoms. The first-order valence-electron chi connectivity index (χ1n) is 10.4. The second kappa shape index (κ2) is 11.6. The van der Waals surface area contributed by atoms with E-state index in [9.17, 15) is 18.0 Å². The Morgan fingerprint density at radius 3 is 2.26 bits per heavy atom. The van der Waals surface area contributed by atoms with Gasteiger partial charge in [0.25, 0.3) is 0 Å². The summed E-state index contributed by atoms with van der Waals surface area (Å²) in [7, 11) is -3.42. The Bertz CT molecular complexity index is 1440. The van der Waals surface area contributed by atoms with E-state index in [1.807, 2.05) is 30.3 Å². The van der Waals surface area contributed by atoms with Crippen LogP contribution in [0.15, 0.2) is 96.0 Å². The van der Waals surface area contributed by atoms with Gasteiger partial charge in [-0.3, -0.25) is 0 Å². The summed E-state index contributed by atoms with van der Waals surface area (Å²) in [6.45, 7) is -0.283. The van der Waals surface area contributed by atoms with Crippen molar-refractivity contribution in [2.75, 3.05) is 17.7 Å². The van der Waals surface area contributed by atoms with Crippen LogP contribution in [0.2, 0.25) is 0 Å². The quantitative estimate of drug-likeness (QED) is 0.315. The van der Waals surface area contributed by atoms with Gasteiger partial charge < -0.3 is 19.5 Å². The number of sulfone groups is 1. The molecule has 173 valence electrons. The van der Waals surface area contributed by atoms with E-state index in [1.165, 1.54) is 4.90 Å². The van der Waals surface area contributed by atoms with Gasteiger partial charge in [0.2, 0.25) is 0 Å². The Hall–Kier alpha value is -3.00. The third-order valence-electron chi connectivity index (χ3n) is 5.25. The van der Waals surface area contributed by atoms with Gasteiger partial charge in [0.15, 0.2) is 15.7 Å². The van der Waals surface area contributed by atoms with Crippen LogP contribution in [0.3, 0.4) is 0 Å². The zero-order chi connectivity index (χ0) is 24.1. The zero-order valence-electron chi connectivity index (χ0n) is 18.9. The van der Waals surface area contributed by atoms with Crippen LogP contribution in [-0.2, 0) is 47.3 Å². The molecule has 6 nitrogen and oxygen atoms in total. The van der Waals surface area contributed by atoms with Crippen LogP contribution in [0.25, 0.3) is 22.4 Å². The fourth-order valence-corrected chi connectivity index (χ4v) is 4.58. The van der Waals surface area contributed by atoms with Crippen molar-refractivity contribution < 1.29 is 50.7 Å². The Balaban J connectivity index is 0.00000342. The van der Waals surface area contributed by atoms with E-state index in [0.29, 0.717) is 22.5 Å². The molecule has 0 aliphatic carbocycles. The van der Waals surface area contributed by atoms with Crippen molar-refractivity contribution >= 4 is 27.7 Å². The number of aromatic nitrogens is 1. The minimum absolute atomic E-state index is 0. The van der Waals surface area contributed by atoms with E-state index in [0.717, 1.165) is 11.8 Å². The fourth-order valence-electron chi connectivity index (χ4n) is 3.67. The summed E-state index contributed by atoms with van der Waals surface area (Å²) >= 11 is 0. The molecule has 0 saturated carbocycles. The summed E-state index contributed by atoms with van der Waals surface area (Å²) in [4.78, 5) is 30.6. The average Bonchev–Trinajstić information content (AvgIpc) is 2.87. The van der Waals surface area contributed by atoms with Gasteiger partial charge in [-0.25, -0.2) is 14.7 Å². The summed E-state index contributed by atoms with van der Waals surface area (Å²) in [5.41, 5.74) is 3.14. The number of benzene rings is 3. The van der Waals surface area contributed by atoms with Crippen molar-refractivity contribution in [1.29, 1.82) is 0 Å². The maximum absolute atomic E-state index is 13.5. The number of carbonyl (C=O) groups excluding carboxylic acids is 2. The van der Waals surface area contributed by atoms with Gasteiger partial charge in [0.1, 0.15) is 0 Å². The molecule has 0 aliphatic heterocycles. The molecule has 4 aromatic rings. The number of anilines is 1. The van der Waals surface area contributed by atoms with Gasteiger partial charge >= 0.3 is 0 Å². The van der Waals surface area contributed by atoms with Gasteiger partial charge in [-0.05, 0) is 35.0 Å². The Kier molecular flexibility index (Phi) is 8.84. The Morgan fingerprint density at radius 2 is 1.60 bits per heavy atom. The predicted molar refractivity (Wildman–Crippen MR) is 131 cm³/mol.